The van der Waals surface area contributed by atoms with E-state index in [4.69, 9.17) is 16.2 Å². The molecule has 0 atom stereocenters. The number of amides is 1. The number of anilines is 2. The Bertz CT molecular complexity index is 456. The van der Waals surface area contributed by atoms with Crippen molar-refractivity contribution in [1.82, 2.24) is 4.90 Å². The molecule has 5 heteroatoms. The molecule has 0 aliphatic carbocycles. The van der Waals surface area contributed by atoms with Crippen LogP contribution in [0.5, 0.6) is 5.75 Å². The molecule has 116 valence electrons. The lowest BCUT2D eigenvalue weighted by atomic mass is 10.2. The Morgan fingerprint density at radius 2 is 1.76 bits per heavy atom. The summed E-state index contributed by atoms with van der Waals surface area (Å²) in [5.74, 6) is 1.05. The van der Waals surface area contributed by atoms with Gasteiger partial charge in [-0.3, -0.25) is 4.79 Å². The van der Waals surface area contributed by atoms with Crippen LogP contribution in [-0.4, -0.2) is 30.5 Å². The average Bonchev–Trinajstić information content (AvgIpc) is 2.82. The van der Waals surface area contributed by atoms with Gasteiger partial charge in [0.1, 0.15) is 5.75 Å². The Labute approximate surface area is 126 Å². The molecule has 5 nitrogen and oxygen atoms in total. The first-order valence-corrected chi connectivity index (χ1v) is 7.72. The normalized spacial score (nSPS) is 14.7. The highest BCUT2D eigenvalue weighted by Gasteiger charge is 2.18. The summed E-state index contributed by atoms with van der Waals surface area (Å²) in [6.07, 6.45) is 6.08. The second-order valence-electron chi connectivity index (χ2n) is 5.58. The van der Waals surface area contributed by atoms with Gasteiger partial charge in [-0.05, 0) is 25.3 Å². The summed E-state index contributed by atoms with van der Waals surface area (Å²) < 4.78 is 5.64. The second kappa shape index (κ2) is 7.76. The predicted molar refractivity (Wildman–Crippen MR) is 85.0 cm³/mol. The van der Waals surface area contributed by atoms with E-state index in [1.54, 1.807) is 18.2 Å². The first kappa shape index (κ1) is 15.5. The van der Waals surface area contributed by atoms with Crippen molar-refractivity contribution >= 4 is 17.3 Å². The lowest BCUT2D eigenvalue weighted by Crippen LogP contribution is -2.25. The van der Waals surface area contributed by atoms with E-state index in [-0.39, 0.29) is 0 Å². The molecule has 1 fully saturated rings. The molecule has 1 amide bonds. The van der Waals surface area contributed by atoms with Crippen LogP contribution in [-0.2, 0) is 4.79 Å². The minimum Gasteiger partial charge on any atom is -0.493 e. The van der Waals surface area contributed by atoms with Crippen molar-refractivity contribution in [2.45, 2.75) is 38.5 Å². The fourth-order valence-corrected chi connectivity index (χ4v) is 2.62. The largest absolute Gasteiger partial charge is 0.493 e. The SMILES string of the molecule is Nc1cc(N)cc(OCCCCCCN2CCCC2=O)c1. The van der Waals surface area contributed by atoms with Crippen molar-refractivity contribution in [2.24, 2.45) is 0 Å². The van der Waals surface area contributed by atoms with Crippen LogP contribution in [0.4, 0.5) is 11.4 Å². The predicted octanol–water partition coefficient (Wildman–Crippen LogP) is 2.41. The molecule has 4 N–H and O–H groups in total. The van der Waals surface area contributed by atoms with Gasteiger partial charge in [0.05, 0.1) is 6.61 Å². The van der Waals surface area contributed by atoms with E-state index in [1.165, 1.54) is 0 Å². The monoisotopic (exact) mass is 291 g/mol. The third-order valence-corrected chi connectivity index (χ3v) is 3.71. The van der Waals surface area contributed by atoms with E-state index >= 15 is 0 Å². The van der Waals surface area contributed by atoms with Gasteiger partial charge in [0.15, 0.2) is 0 Å². The topological polar surface area (TPSA) is 81.6 Å². The maximum atomic E-state index is 11.4. The van der Waals surface area contributed by atoms with Crippen molar-refractivity contribution in [3.8, 4) is 5.75 Å². The van der Waals surface area contributed by atoms with Crippen molar-refractivity contribution < 1.29 is 9.53 Å². The molecule has 1 heterocycles. The molecule has 1 aromatic rings. The molecule has 0 spiro atoms. The smallest absolute Gasteiger partial charge is 0.222 e. The number of nitrogen functional groups attached to an aromatic ring is 2. The molecule has 0 bridgehead atoms. The number of hydrogen-bond acceptors (Lipinski definition) is 4. The molecular formula is C16H25N3O2. The summed E-state index contributed by atoms with van der Waals surface area (Å²) in [6, 6.07) is 5.29. The number of likely N-dealkylation sites (tertiary alicyclic amines) is 1. The van der Waals surface area contributed by atoms with Crippen LogP contribution in [0.1, 0.15) is 38.5 Å². The maximum Gasteiger partial charge on any atom is 0.222 e. The minimum absolute atomic E-state index is 0.317. The lowest BCUT2D eigenvalue weighted by Gasteiger charge is -2.14. The van der Waals surface area contributed by atoms with Crippen molar-refractivity contribution in [3.63, 3.8) is 0 Å². The van der Waals surface area contributed by atoms with Gasteiger partial charge in [-0.25, -0.2) is 0 Å². The van der Waals surface area contributed by atoms with Crippen molar-refractivity contribution in [1.29, 1.82) is 0 Å². The van der Waals surface area contributed by atoms with E-state index in [1.807, 2.05) is 4.90 Å². The van der Waals surface area contributed by atoms with Gasteiger partial charge in [-0.2, -0.15) is 0 Å². The minimum atomic E-state index is 0.317. The Balaban J connectivity index is 1.53. The fourth-order valence-electron chi connectivity index (χ4n) is 2.62. The fraction of sp³-hybridized carbons (Fsp3) is 0.562. The molecule has 1 aromatic carbocycles. The Kier molecular flexibility index (Phi) is 5.72. The molecule has 0 radical (unpaired) electrons. The third-order valence-electron chi connectivity index (χ3n) is 3.71. The Hall–Kier alpha value is -1.91. The summed E-state index contributed by atoms with van der Waals surface area (Å²) in [4.78, 5) is 13.4. The molecule has 0 aromatic heterocycles. The Morgan fingerprint density at radius 1 is 1.05 bits per heavy atom. The summed E-state index contributed by atoms with van der Waals surface area (Å²) in [5.41, 5.74) is 12.7. The van der Waals surface area contributed by atoms with Gasteiger partial charge < -0.3 is 21.1 Å². The first-order valence-electron chi connectivity index (χ1n) is 7.72. The number of nitrogens with zero attached hydrogens (tertiary/aromatic N) is 1. The molecule has 0 saturated carbocycles. The number of carbonyl (C=O) groups is 1. The number of hydrogen-bond donors (Lipinski definition) is 2. The van der Waals surface area contributed by atoms with Crippen LogP contribution < -0.4 is 16.2 Å². The highest BCUT2D eigenvalue weighted by atomic mass is 16.5. The van der Waals surface area contributed by atoms with Crippen LogP contribution in [0.15, 0.2) is 18.2 Å². The molecule has 0 unspecified atom stereocenters. The number of nitrogens with two attached hydrogens (primary N) is 2. The van der Waals surface area contributed by atoms with E-state index in [2.05, 4.69) is 0 Å². The quantitative estimate of drug-likeness (QED) is 0.569. The molecule has 21 heavy (non-hydrogen) atoms. The number of ether oxygens (including phenoxy) is 1. The van der Waals surface area contributed by atoms with E-state index < -0.39 is 0 Å². The van der Waals surface area contributed by atoms with Crippen LogP contribution in [0.25, 0.3) is 0 Å². The number of rotatable bonds is 8. The van der Waals surface area contributed by atoms with Gasteiger partial charge in [0.25, 0.3) is 0 Å². The van der Waals surface area contributed by atoms with Crippen LogP contribution in [0.2, 0.25) is 0 Å². The van der Waals surface area contributed by atoms with Crippen molar-refractivity contribution in [2.75, 3.05) is 31.2 Å². The highest BCUT2D eigenvalue weighted by Crippen LogP contribution is 2.20. The lowest BCUT2D eigenvalue weighted by molar-refractivity contribution is -0.127. The van der Waals surface area contributed by atoms with Crippen LogP contribution in [0, 0.1) is 0 Å². The van der Waals surface area contributed by atoms with Crippen LogP contribution in [0.3, 0.4) is 0 Å². The van der Waals surface area contributed by atoms with E-state index in [0.717, 1.165) is 57.4 Å². The van der Waals surface area contributed by atoms with Crippen LogP contribution >= 0.6 is 0 Å². The molecule has 1 aliphatic rings. The zero-order valence-corrected chi connectivity index (χ0v) is 12.5. The third kappa shape index (κ3) is 5.17. The van der Waals surface area contributed by atoms with Gasteiger partial charge in [-0.1, -0.05) is 12.8 Å². The van der Waals surface area contributed by atoms with Gasteiger partial charge in [0, 0.05) is 43.0 Å². The zero-order valence-electron chi connectivity index (χ0n) is 12.5. The van der Waals surface area contributed by atoms with Gasteiger partial charge in [-0.15, -0.1) is 0 Å². The molecule has 1 saturated heterocycles. The van der Waals surface area contributed by atoms with Crippen molar-refractivity contribution in [3.05, 3.63) is 18.2 Å². The molecule has 2 rings (SSSR count). The number of benzene rings is 1. The standard InChI is InChI=1S/C16H25N3O2/c17-13-10-14(18)12-15(11-13)21-9-4-2-1-3-7-19-8-5-6-16(19)20/h10-12H,1-9,17-18H2. The highest BCUT2D eigenvalue weighted by molar-refractivity contribution is 5.77. The Morgan fingerprint density at radius 3 is 2.43 bits per heavy atom. The first-order chi connectivity index (χ1) is 10.1. The second-order valence-corrected chi connectivity index (χ2v) is 5.58. The molecular weight excluding hydrogens is 266 g/mol. The number of carbonyl (C=O) groups excluding carboxylic acids is 1. The van der Waals surface area contributed by atoms with E-state index in [0.29, 0.717) is 23.9 Å². The summed E-state index contributed by atoms with van der Waals surface area (Å²) in [6.45, 7) is 2.52. The van der Waals surface area contributed by atoms with Gasteiger partial charge in [0.2, 0.25) is 5.91 Å². The summed E-state index contributed by atoms with van der Waals surface area (Å²) in [5, 5.41) is 0. The van der Waals surface area contributed by atoms with Gasteiger partial charge >= 0.3 is 0 Å². The average molecular weight is 291 g/mol. The zero-order chi connectivity index (χ0) is 15.1. The van der Waals surface area contributed by atoms with E-state index in [9.17, 15) is 4.79 Å². The summed E-state index contributed by atoms with van der Waals surface area (Å²) in [7, 11) is 0. The maximum absolute atomic E-state index is 11.4. The summed E-state index contributed by atoms with van der Waals surface area (Å²) >= 11 is 0. The molecule has 1 aliphatic heterocycles. The number of unbranched alkanes of at least 4 members (excludes halogenated alkanes) is 3.